The quantitative estimate of drug-likeness (QED) is 0.117. The number of aliphatic hydroxyl groups is 1. The molecule has 1 saturated heterocycles. The molecular formula is C22H45N5O13. The molecule has 40 heavy (non-hydrogen) atoms. The van der Waals surface area contributed by atoms with E-state index in [1.807, 2.05) is 13.8 Å². The summed E-state index contributed by atoms with van der Waals surface area (Å²) in [5.41, 5.74) is 19.7. The summed E-state index contributed by atoms with van der Waals surface area (Å²) in [6.45, 7) is 5.81. The van der Waals surface area contributed by atoms with Gasteiger partial charge in [-0.2, -0.15) is 0 Å². The molecular weight excluding hydrogens is 542 g/mol. The zero-order valence-corrected chi connectivity index (χ0v) is 22.8. The first-order valence-electron chi connectivity index (χ1n) is 11.9. The van der Waals surface area contributed by atoms with Crippen LogP contribution in [0.15, 0.2) is 0 Å². The van der Waals surface area contributed by atoms with E-state index in [1.54, 1.807) is 0 Å². The Labute approximate surface area is 231 Å². The van der Waals surface area contributed by atoms with E-state index in [9.17, 15) is 28.8 Å². The molecule has 0 amide bonds. The number of carbonyl (C=O) groups is 6. The molecule has 0 aromatic rings. The van der Waals surface area contributed by atoms with E-state index in [0.717, 1.165) is 19.4 Å². The van der Waals surface area contributed by atoms with Gasteiger partial charge in [0, 0.05) is 6.42 Å². The fourth-order valence-corrected chi connectivity index (χ4v) is 2.11. The van der Waals surface area contributed by atoms with Gasteiger partial charge in [0.15, 0.2) is 0 Å². The van der Waals surface area contributed by atoms with Crippen LogP contribution in [-0.4, -0.2) is 115 Å². The molecule has 16 N–H and O–H groups in total. The van der Waals surface area contributed by atoms with Gasteiger partial charge in [-0.15, -0.1) is 0 Å². The molecule has 5 atom stereocenters. The van der Waals surface area contributed by atoms with Gasteiger partial charge in [0.1, 0.15) is 24.2 Å². The fraction of sp³-hybridized carbons (Fsp3) is 0.727. The Morgan fingerprint density at radius 1 is 0.800 bits per heavy atom. The second kappa shape index (κ2) is 25.8. The van der Waals surface area contributed by atoms with Crippen LogP contribution in [0.4, 0.5) is 0 Å². The van der Waals surface area contributed by atoms with Crippen LogP contribution in [0.5, 0.6) is 0 Å². The Balaban J connectivity index is -0.000000205. The van der Waals surface area contributed by atoms with E-state index >= 15 is 0 Å². The lowest BCUT2D eigenvalue weighted by molar-refractivity contribution is -0.141. The van der Waals surface area contributed by atoms with Crippen LogP contribution < -0.4 is 28.3 Å². The summed E-state index contributed by atoms with van der Waals surface area (Å²) in [6.07, 6.45) is 1.13. The number of carboxylic acid groups (broad SMARTS) is 6. The minimum absolute atomic E-state index is 0.0231. The van der Waals surface area contributed by atoms with Crippen molar-refractivity contribution < 1.29 is 64.5 Å². The van der Waals surface area contributed by atoms with Crippen LogP contribution in [0.2, 0.25) is 0 Å². The smallest absolute Gasteiger partial charge is 0.323 e. The molecule has 0 saturated carbocycles. The Morgan fingerprint density at radius 2 is 1.25 bits per heavy atom. The van der Waals surface area contributed by atoms with Crippen LogP contribution in [0, 0.1) is 5.92 Å². The number of hydrogen-bond acceptors (Lipinski definition) is 12. The molecule has 1 aliphatic heterocycles. The van der Waals surface area contributed by atoms with Gasteiger partial charge in [-0.05, 0) is 45.1 Å². The maximum atomic E-state index is 10.1. The second-order valence-corrected chi connectivity index (χ2v) is 8.64. The number of aliphatic carboxylic acids is 6. The topological polar surface area (TPSA) is 360 Å². The number of hydrogen-bond donors (Lipinski definition) is 12. The molecule has 0 aromatic heterocycles. The summed E-state index contributed by atoms with van der Waals surface area (Å²) in [6, 6.07) is -3.17. The van der Waals surface area contributed by atoms with Crippen LogP contribution in [-0.2, 0) is 28.8 Å². The first-order chi connectivity index (χ1) is 18.2. The molecule has 1 fully saturated rings. The summed E-state index contributed by atoms with van der Waals surface area (Å²) in [5.74, 6) is -5.62. The molecule has 1 aliphatic rings. The normalized spacial score (nSPS) is 16.3. The summed E-state index contributed by atoms with van der Waals surface area (Å²) in [7, 11) is 0. The first-order valence-corrected chi connectivity index (χ1v) is 11.9. The minimum Gasteiger partial charge on any atom is -0.481 e. The van der Waals surface area contributed by atoms with E-state index in [0.29, 0.717) is 12.3 Å². The van der Waals surface area contributed by atoms with Crippen molar-refractivity contribution >= 4 is 35.8 Å². The van der Waals surface area contributed by atoms with Crippen LogP contribution in [0.3, 0.4) is 0 Å². The van der Waals surface area contributed by atoms with E-state index in [2.05, 4.69) is 11.1 Å². The maximum absolute atomic E-state index is 10.1. The molecule has 4 unspecified atom stereocenters. The molecule has 0 bridgehead atoms. The van der Waals surface area contributed by atoms with Gasteiger partial charge >= 0.3 is 35.8 Å². The predicted molar refractivity (Wildman–Crippen MR) is 140 cm³/mol. The maximum Gasteiger partial charge on any atom is 0.323 e. The standard InChI is InChI=1S/C6H13NO2.C5H9NO4.C5H9NO2.C4H9NO3.C2H5NO2/c1-4(2)3-5(7)6(8)9;6-3(5(9)10)1-2-4(7)8;7-5(8)4-2-1-3-6-4;1-2(6)3(5)4(7)8;3-1-2(4)5/h4-5H,3,7H2,1-2H3,(H,8,9);3H,1-2,6H2,(H,7,8)(H,9,10);4,6H,1-3H2,(H,7,8);2-3,6H,5H2,1H3,(H,7,8);1,3H2,(H,4,5)/t;;4-;;/m..0../s1. The molecule has 18 heteroatoms. The molecule has 18 nitrogen and oxygen atoms in total. The number of rotatable bonds is 11. The molecule has 0 radical (unpaired) electrons. The van der Waals surface area contributed by atoms with E-state index < -0.39 is 60.0 Å². The SMILES string of the molecule is CC(C)CC(N)C(=O)O.CC(O)C(N)C(=O)O.NC(CCC(=O)O)C(=O)O.NCC(=O)O.O=C(O)[C@@H]1CCCN1. The summed E-state index contributed by atoms with van der Waals surface area (Å²) in [4.78, 5) is 59.2. The molecule has 0 aliphatic carbocycles. The van der Waals surface area contributed by atoms with Gasteiger partial charge in [0.2, 0.25) is 0 Å². The van der Waals surface area contributed by atoms with Crippen LogP contribution >= 0.6 is 0 Å². The van der Waals surface area contributed by atoms with Crippen molar-refractivity contribution in [2.45, 2.75) is 83.1 Å². The minimum atomic E-state index is -1.18. The van der Waals surface area contributed by atoms with Crippen molar-refractivity contribution in [3.8, 4) is 0 Å². The highest BCUT2D eigenvalue weighted by molar-refractivity contribution is 5.75. The first kappa shape index (κ1) is 43.6. The van der Waals surface area contributed by atoms with Crippen molar-refractivity contribution in [2.75, 3.05) is 13.1 Å². The lowest BCUT2D eigenvalue weighted by Gasteiger charge is -2.07. The number of aliphatic hydroxyl groups excluding tert-OH is 1. The lowest BCUT2D eigenvalue weighted by atomic mass is 10.1. The highest BCUT2D eigenvalue weighted by Crippen LogP contribution is 2.03. The van der Waals surface area contributed by atoms with Gasteiger partial charge < -0.3 is 64.0 Å². The van der Waals surface area contributed by atoms with Gasteiger partial charge in [-0.25, -0.2) is 0 Å². The van der Waals surface area contributed by atoms with Crippen molar-refractivity contribution in [3.05, 3.63) is 0 Å². The van der Waals surface area contributed by atoms with Gasteiger partial charge in [0.25, 0.3) is 0 Å². The van der Waals surface area contributed by atoms with E-state index in [1.165, 1.54) is 6.92 Å². The molecule has 0 spiro atoms. The molecule has 1 rings (SSSR count). The Kier molecular flexibility index (Phi) is 28.2. The summed E-state index contributed by atoms with van der Waals surface area (Å²) >= 11 is 0. The van der Waals surface area contributed by atoms with E-state index in [-0.39, 0.29) is 25.4 Å². The highest BCUT2D eigenvalue weighted by atomic mass is 16.4. The van der Waals surface area contributed by atoms with Gasteiger partial charge in [-0.1, -0.05) is 13.8 Å². The third kappa shape index (κ3) is 32.6. The monoisotopic (exact) mass is 587 g/mol. The average Bonchev–Trinajstić information content (AvgIpc) is 3.38. The molecule has 236 valence electrons. The van der Waals surface area contributed by atoms with Gasteiger partial charge in [-0.3, -0.25) is 28.8 Å². The molecule has 0 aromatic carbocycles. The van der Waals surface area contributed by atoms with Crippen LogP contribution in [0.25, 0.3) is 0 Å². The number of nitrogens with one attached hydrogen (secondary N) is 1. The lowest BCUT2D eigenvalue weighted by Crippen LogP contribution is -2.39. The summed E-state index contributed by atoms with van der Waals surface area (Å²) in [5, 5.41) is 59.9. The third-order valence-corrected chi connectivity index (χ3v) is 4.37. The summed E-state index contributed by atoms with van der Waals surface area (Å²) < 4.78 is 0. The molecule has 1 heterocycles. The van der Waals surface area contributed by atoms with Crippen molar-refractivity contribution in [2.24, 2.45) is 28.9 Å². The van der Waals surface area contributed by atoms with Crippen LogP contribution in [0.1, 0.15) is 52.9 Å². The number of nitrogens with two attached hydrogens (primary N) is 4. The number of carboxylic acids is 6. The zero-order chi connectivity index (χ0) is 32.6. The highest BCUT2D eigenvalue weighted by Gasteiger charge is 2.20. The fourth-order valence-electron chi connectivity index (χ4n) is 2.11. The Bertz CT molecular complexity index is 747. The Morgan fingerprint density at radius 3 is 1.40 bits per heavy atom. The average molecular weight is 588 g/mol. The zero-order valence-electron chi connectivity index (χ0n) is 22.8. The predicted octanol–water partition coefficient (Wildman–Crippen LogP) is -2.66. The van der Waals surface area contributed by atoms with Gasteiger partial charge in [0.05, 0.1) is 12.6 Å². The van der Waals surface area contributed by atoms with Crippen molar-refractivity contribution in [3.63, 3.8) is 0 Å². The van der Waals surface area contributed by atoms with Crippen molar-refractivity contribution in [1.82, 2.24) is 5.32 Å². The largest absolute Gasteiger partial charge is 0.481 e. The van der Waals surface area contributed by atoms with Crippen molar-refractivity contribution in [1.29, 1.82) is 0 Å². The second-order valence-electron chi connectivity index (χ2n) is 8.64. The Hall–Kier alpha value is -3.42. The third-order valence-electron chi connectivity index (χ3n) is 4.37. The van der Waals surface area contributed by atoms with E-state index in [4.69, 9.17) is 52.9 Å².